The summed E-state index contributed by atoms with van der Waals surface area (Å²) in [6.07, 6.45) is 1.13. The van der Waals surface area contributed by atoms with Crippen LogP contribution in [-0.4, -0.2) is 50.3 Å². The van der Waals surface area contributed by atoms with Gasteiger partial charge in [-0.05, 0) is 0 Å². The van der Waals surface area contributed by atoms with Gasteiger partial charge in [-0.3, -0.25) is 14.2 Å². The van der Waals surface area contributed by atoms with E-state index in [9.17, 15) is 14.4 Å². The van der Waals surface area contributed by atoms with Crippen LogP contribution < -0.4 is 11.2 Å². The summed E-state index contributed by atoms with van der Waals surface area (Å²) in [5, 5.41) is 3.98. The molecule has 1 saturated heterocycles. The Hall–Kier alpha value is -3.53. The molecule has 1 amide bonds. The minimum Gasteiger partial charge on any atom is -0.377 e. The lowest BCUT2D eigenvalue weighted by atomic mass is 10.1. The van der Waals surface area contributed by atoms with Crippen LogP contribution >= 0.6 is 0 Å². The molecule has 0 spiro atoms. The highest BCUT2D eigenvalue weighted by Gasteiger charge is 2.34. The zero-order chi connectivity index (χ0) is 19.7. The number of carbonyl (C=O) groups excluding carboxylic acids is 1. The lowest BCUT2D eigenvalue weighted by Crippen LogP contribution is -2.46. The van der Waals surface area contributed by atoms with E-state index in [2.05, 4.69) is 15.1 Å². The number of aromatic amines is 1. The van der Waals surface area contributed by atoms with Gasteiger partial charge in [0.25, 0.3) is 17.4 Å². The van der Waals surface area contributed by atoms with E-state index >= 15 is 0 Å². The van der Waals surface area contributed by atoms with Crippen LogP contribution in [0.1, 0.15) is 22.3 Å². The Morgan fingerprint density at radius 3 is 2.82 bits per heavy atom. The molecule has 4 rings (SSSR count). The lowest BCUT2D eigenvalue weighted by molar-refractivity contribution is -0.0120. The second kappa shape index (κ2) is 7.24. The molecule has 0 saturated carbocycles. The number of morpholine rings is 1. The van der Waals surface area contributed by atoms with E-state index in [0.717, 1.165) is 16.3 Å². The predicted octanol–water partition coefficient (Wildman–Crippen LogP) is 0.337. The first-order valence-electron chi connectivity index (χ1n) is 8.62. The Morgan fingerprint density at radius 1 is 1.25 bits per heavy atom. The number of ether oxygens (including phenoxy) is 1. The Kier molecular flexibility index (Phi) is 4.62. The van der Waals surface area contributed by atoms with Gasteiger partial charge < -0.3 is 19.1 Å². The fourth-order valence-electron chi connectivity index (χ4n) is 3.00. The second-order valence-electron chi connectivity index (χ2n) is 6.28. The van der Waals surface area contributed by atoms with E-state index in [-0.39, 0.29) is 24.6 Å². The summed E-state index contributed by atoms with van der Waals surface area (Å²) in [4.78, 5) is 45.1. The third-order valence-electron chi connectivity index (χ3n) is 4.56. The van der Waals surface area contributed by atoms with Crippen LogP contribution in [0.2, 0.25) is 0 Å². The van der Waals surface area contributed by atoms with Crippen LogP contribution in [0, 0.1) is 0 Å². The van der Waals surface area contributed by atoms with Gasteiger partial charge in [0, 0.05) is 25.4 Å². The highest BCUT2D eigenvalue weighted by Crippen LogP contribution is 2.26. The summed E-state index contributed by atoms with van der Waals surface area (Å²) < 4.78 is 11.7. The van der Waals surface area contributed by atoms with Crippen molar-refractivity contribution in [3.8, 4) is 11.4 Å². The van der Waals surface area contributed by atoms with Crippen LogP contribution in [0.25, 0.3) is 11.4 Å². The summed E-state index contributed by atoms with van der Waals surface area (Å²) in [6.45, 7) is 0.715. The fourth-order valence-corrected chi connectivity index (χ4v) is 3.00. The van der Waals surface area contributed by atoms with E-state index in [4.69, 9.17) is 9.26 Å². The van der Waals surface area contributed by atoms with Crippen molar-refractivity contribution >= 4 is 5.91 Å². The topological polar surface area (TPSA) is 123 Å². The maximum Gasteiger partial charge on any atom is 0.328 e. The zero-order valence-corrected chi connectivity index (χ0v) is 15.0. The summed E-state index contributed by atoms with van der Waals surface area (Å²) in [6, 6.07) is 8.65. The number of carbonyl (C=O) groups is 1. The molecule has 1 unspecified atom stereocenters. The number of rotatable bonds is 3. The molecule has 3 heterocycles. The van der Waals surface area contributed by atoms with Crippen LogP contribution in [0.3, 0.4) is 0 Å². The van der Waals surface area contributed by atoms with E-state index in [1.165, 1.54) is 11.9 Å². The van der Waals surface area contributed by atoms with Gasteiger partial charge >= 0.3 is 5.69 Å². The third kappa shape index (κ3) is 3.14. The first-order valence-corrected chi connectivity index (χ1v) is 8.62. The van der Waals surface area contributed by atoms with Crippen LogP contribution in [-0.2, 0) is 11.8 Å². The van der Waals surface area contributed by atoms with E-state index in [1.807, 2.05) is 30.3 Å². The Balaban J connectivity index is 1.67. The SMILES string of the molecule is Cn1c(=O)[nH]cc(C(=O)N2CCOCC2c2nc(-c3ccccc3)no2)c1=O. The van der Waals surface area contributed by atoms with Gasteiger partial charge in [0.2, 0.25) is 5.82 Å². The Labute approximate surface area is 158 Å². The van der Waals surface area contributed by atoms with Crippen LogP contribution in [0.4, 0.5) is 0 Å². The molecular weight excluding hydrogens is 366 g/mol. The molecule has 1 aromatic carbocycles. The van der Waals surface area contributed by atoms with Crippen molar-refractivity contribution in [1.82, 2.24) is 24.6 Å². The summed E-state index contributed by atoms with van der Waals surface area (Å²) in [7, 11) is 1.30. The smallest absolute Gasteiger partial charge is 0.328 e. The average Bonchev–Trinajstić information content (AvgIpc) is 3.22. The van der Waals surface area contributed by atoms with Crippen molar-refractivity contribution < 1.29 is 14.1 Å². The molecule has 0 aliphatic carbocycles. The average molecular weight is 383 g/mol. The maximum absolute atomic E-state index is 13.0. The van der Waals surface area contributed by atoms with Crippen molar-refractivity contribution in [3.05, 3.63) is 68.8 Å². The first-order chi connectivity index (χ1) is 13.6. The molecule has 0 radical (unpaired) electrons. The van der Waals surface area contributed by atoms with E-state index < -0.39 is 23.2 Å². The standard InChI is InChI=1S/C18H17N5O5/c1-22-16(24)12(9-19-18(22)26)17(25)23-7-8-27-10-13(23)15-20-14(21-28-15)11-5-3-2-4-6-11/h2-6,9,13H,7-8,10H2,1H3,(H,19,26). The number of H-pyrrole nitrogens is 1. The third-order valence-corrected chi connectivity index (χ3v) is 4.56. The molecule has 1 fully saturated rings. The number of amides is 1. The van der Waals surface area contributed by atoms with Crippen molar-refractivity contribution in [3.63, 3.8) is 0 Å². The van der Waals surface area contributed by atoms with Gasteiger partial charge in [-0.2, -0.15) is 4.98 Å². The van der Waals surface area contributed by atoms with Gasteiger partial charge in [0.1, 0.15) is 11.6 Å². The van der Waals surface area contributed by atoms with Gasteiger partial charge in [-0.25, -0.2) is 4.79 Å². The molecule has 1 aliphatic heterocycles. The van der Waals surface area contributed by atoms with Gasteiger partial charge in [0.05, 0.1) is 13.2 Å². The monoisotopic (exact) mass is 383 g/mol. The highest BCUT2D eigenvalue weighted by atomic mass is 16.5. The van der Waals surface area contributed by atoms with Gasteiger partial charge in [-0.15, -0.1) is 0 Å². The highest BCUT2D eigenvalue weighted by molar-refractivity contribution is 5.93. The summed E-state index contributed by atoms with van der Waals surface area (Å²) in [5.74, 6) is 0.0753. The van der Waals surface area contributed by atoms with Crippen molar-refractivity contribution in [2.24, 2.45) is 7.05 Å². The van der Waals surface area contributed by atoms with Crippen LogP contribution in [0.5, 0.6) is 0 Å². The van der Waals surface area contributed by atoms with Gasteiger partial charge in [-0.1, -0.05) is 35.5 Å². The van der Waals surface area contributed by atoms with Crippen LogP contribution in [0.15, 0.2) is 50.6 Å². The molecule has 144 valence electrons. The lowest BCUT2D eigenvalue weighted by Gasteiger charge is -2.33. The number of benzene rings is 1. The molecular formula is C18H17N5O5. The number of nitrogens with one attached hydrogen (secondary N) is 1. The number of hydrogen-bond acceptors (Lipinski definition) is 7. The quantitative estimate of drug-likeness (QED) is 0.691. The first kappa shape index (κ1) is 17.9. The number of nitrogens with zero attached hydrogens (tertiary/aromatic N) is 4. The molecule has 10 nitrogen and oxygen atoms in total. The molecule has 1 N–H and O–H groups in total. The molecule has 3 aromatic rings. The molecule has 1 atom stereocenters. The minimum absolute atomic E-state index is 0.142. The second-order valence-corrected chi connectivity index (χ2v) is 6.28. The molecule has 2 aromatic heterocycles. The fraction of sp³-hybridized carbons (Fsp3) is 0.278. The van der Waals surface area contributed by atoms with Crippen molar-refractivity contribution in [1.29, 1.82) is 0 Å². The normalized spacial score (nSPS) is 16.9. The Morgan fingerprint density at radius 2 is 2.04 bits per heavy atom. The maximum atomic E-state index is 13.0. The summed E-state index contributed by atoms with van der Waals surface area (Å²) in [5.41, 5.74) is -0.627. The largest absolute Gasteiger partial charge is 0.377 e. The number of hydrogen-bond donors (Lipinski definition) is 1. The molecule has 1 aliphatic rings. The molecule has 28 heavy (non-hydrogen) atoms. The number of aromatic nitrogens is 4. The van der Waals surface area contributed by atoms with Crippen molar-refractivity contribution in [2.45, 2.75) is 6.04 Å². The molecule has 0 bridgehead atoms. The molecule has 10 heteroatoms. The van der Waals surface area contributed by atoms with Crippen molar-refractivity contribution in [2.75, 3.05) is 19.8 Å². The van der Waals surface area contributed by atoms with Gasteiger partial charge in [0.15, 0.2) is 0 Å². The van der Waals surface area contributed by atoms with E-state index in [0.29, 0.717) is 12.4 Å². The zero-order valence-electron chi connectivity index (χ0n) is 15.0. The predicted molar refractivity (Wildman–Crippen MR) is 96.6 cm³/mol. The minimum atomic E-state index is -0.672. The summed E-state index contributed by atoms with van der Waals surface area (Å²) >= 11 is 0. The Bertz CT molecular complexity index is 1120. The van der Waals surface area contributed by atoms with E-state index in [1.54, 1.807) is 0 Å².